The normalized spacial score (nSPS) is 25.9. The van der Waals surface area contributed by atoms with Crippen molar-refractivity contribution in [2.24, 2.45) is 5.16 Å². The van der Waals surface area contributed by atoms with Crippen LogP contribution in [0, 0.1) is 6.92 Å². The fourth-order valence-electron chi connectivity index (χ4n) is 5.24. The Labute approximate surface area is 180 Å². The number of ether oxygens (including phenoxy) is 1. The minimum atomic E-state index is -1.24. The van der Waals surface area contributed by atoms with Gasteiger partial charge in [-0.15, -0.1) is 0 Å². The Kier molecular flexibility index (Phi) is 4.98. The molecule has 166 valence electrons. The molecule has 2 aromatic heterocycles. The highest BCUT2D eigenvalue weighted by Gasteiger charge is 2.53. The van der Waals surface area contributed by atoms with Gasteiger partial charge in [-0.2, -0.15) is 5.10 Å². The molecule has 0 unspecified atom stereocenters. The van der Waals surface area contributed by atoms with Crippen molar-refractivity contribution >= 4 is 28.6 Å². The number of oxime groups is 1. The average Bonchev–Trinajstić information content (AvgIpc) is 3.30. The number of aryl methyl sites for hydroxylation is 2. The summed E-state index contributed by atoms with van der Waals surface area (Å²) in [5, 5.41) is 22.8. The highest BCUT2D eigenvalue weighted by atomic mass is 16.7. The lowest BCUT2D eigenvalue weighted by atomic mass is 9.74. The van der Waals surface area contributed by atoms with Crippen molar-refractivity contribution in [3.05, 3.63) is 17.5 Å². The summed E-state index contributed by atoms with van der Waals surface area (Å²) in [4.78, 5) is 21.3. The number of hydrogen-bond acceptors (Lipinski definition) is 7. The Hall–Kier alpha value is -2.84. The Morgan fingerprint density at radius 2 is 2.13 bits per heavy atom. The third-order valence-electron chi connectivity index (χ3n) is 6.81. The van der Waals surface area contributed by atoms with Crippen molar-refractivity contribution in [2.45, 2.75) is 89.5 Å². The van der Waals surface area contributed by atoms with Crippen molar-refractivity contribution in [3.8, 4) is 0 Å². The third kappa shape index (κ3) is 3.59. The van der Waals surface area contributed by atoms with E-state index in [1.165, 1.54) is 19.3 Å². The van der Waals surface area contributed by atoms with Crippen LogP contribution in [0.2, 0.25) is 0 Å². The van der Waals surface area contributed by atoms with E-state index in [0.29, 0.717) is 25.3 Å². The van der Waals surface area contributed by atoms with Gasteiger partial charge in [-0.05, 0) is 26.7 Å². The number of carbonyl (C=O) groups is 1. The van der Waals surface area contributed by atoms with Crippen molar-refractivity contribution in [1.29, 1.82) is 0 Å². The molecule has 2 fully saturated rings. The van der Waals surface area contributed by atoms with Crippen LogP contribution in [-0.4, -0.2) is 49.5 Å². The van der Waals surface area contributed by atoms with Gasteiger partial charge in [0.15, 0.2) is 11.2 Å². The largest absolute Gasteiger partial charge is 0.506 e. The van der Waals surface area contributed by atoms with Crippen LogP contribution in [0.25, 0.3) is 11.0 Å². The molecule has 2 saturated carbocycles. The minimum absolute atomic E-state index is 0.322. The van der Waals surface area contributed by atoms with E-state index in [1.807, 2.05) is 17.8 Å². The van der Waals surface area contributed by atoms with Gasteiger partial charge >= 0.3 is 6.16 Å². The summed E-state index contributed by atoms with van der Waals surface area (Å²) in [5.41, 5.74) is 4.23. The van der Waals surface area contributed by atoms with Crippen LogP contribution in [0.1, 0.15) is 69.5 Å². The predicted molar refractivity (Wildman–Crippen MR) is 116 cm³/mol. The molecule has 0 radical (unpaired) electrons. The molecule has 1 aliphatic heterocycles. The molecule has 9 heteroatoms. The van der Waals surface area contributed by atoms with Crippen LogP contribution in [0.5, 0.6) is 0 Å². The number of pyridine rings is 1. The first-order chi connectivity index (χ1) is 15.0. The second kappa shape index (κ2) is 7.69. The molecule has 0 aromatic carbocycles. The minimum Gasteiger partial charge on any atom is -0.450 e. The van der Waals surface area contributed by atoms with Gasteiger partial charge < -0.3 is 20.0 Å². The number of nitrogens with one attached hydrogen (secondary N) is 1. The van der Waals surface area contributed by atoms with Crippen LogP contribution >= 0.6 is 0 Å². The van der Waals surface area contributed by atoms with E-state index in [1.54, 1.807) is 0 Å². The number of anilines is 1. The van der Waals surface area contributed by atoms with E-state index in [-0.39, 0.29) is 6.10 Å². The average molecular weight is 428 g/mol. The maximum absolute atomic E-state index is 10.8. The highest BCUT2D eigenvalue weighted by molar-refractivity contribution is 6.11. The van der Waals surface area contributed by atoms with E-state index in [0.717, 1.165) is 53.1 Å². The molecule has 3 heterocycles. The summed E-state index contributed by atoms with van der Waals surface area (Å²) < 4.78 is 6.82. The van der Waals surface area contributed by atoms with Gasteiger partial charge in [0.1, 0.15) is 6.10 Å². The van der Waals surface area contributed by atoms with Gasteiger partial charge in [-0.1, -0.05) is 24.4 Å². The van der Waals surface area contributed by atoms with Crippen LogP contribution in [0.4, 0.5) is 10.5 Å². The molecule has 0 atom stereocenters. The zero-order valence-electron chi connectivity index (χ0n) is 18.1. The summed E-state index contributed by atoms with van der Waals surface area (Å²) in [6.45, 7) is 4.86. The monoisotopic (exact) mass is 427 g/mol. The Bertz CT molecular complexity index is 1030. The smallest absolute Gasteiger partial charge is 0.450 e. The van der Waals surface area contributed by atoms with Crippen LogP contribution in [0.3, 0.4) is 0 Å². The molecule has 2 aliphatic carbocycles. The van der Waals surface area contributed by atoms with Gasteiger partial charge in [0.05, 0.1) is 22.5 Å². The summed E-state index contributed by atoms with van der Waals surface area (Å²) >= 11 is 0. The first-order valence-corrected chi connectivity index (χ1v) is 11.3. The first-order valence-electron chi connectivity index (χ1n) is 11.3. The molecule has 0 bridgehead atoms. The fraction of sp³-hybridized carbons (Fsp3) is 0.636. The van der Waals surface area contributed by atoms with Gasteiger partial charge in [-0.3, -0.25) is 0 Å². The molecule has 1 spiro atoms. The SMILES string of the molecule is CCn1nc(C)c2c(NC3CCCCC3)c(C3=NOC4(C3)CC(OC(=O)O)C4)cnc21. The number of rotatable bonds is 5. The highest BCUT2D eigenvalue weighted by Crippen LogP contribution is 2.46. The second-order valence-electron chi connectivity index (χ2n) is 9.03. The van der Waals surface area contributed by atoms with Gasteiger partial charge in [0.25, 0.3) is 0 Å². The van der Waals surface area contributed by atoms with Crippen molar-refractivity contribution in [2.75, 3.05) is 5.32 Å². The van der Waals surface area contributed by atoms with E-state index in [4.69, 9.17) is 24.8 Å². The summed E-state index contributed by atoms with van der Waals surface area (Å²) in [6, 6.07) is 0.427. The number of fused-ring (bicyclic) bond motifs is 1. The summed E-state index contributed by atoms with van der Waals surface area (Å²) in [7, 11) is 0. The maximum atomic E-state index is 10.8. The van der Waals surface area contributed by atoms with Gasteiger partial charge in [-0.25, -0.2) is 14.5 Å². The molecule has 9 nitrogen and oxygen atoms in total. The lowest BCUT2D eigenvalue weighted by molar-refractivity contribution is -0.143. The molecule has 5 rings (SSSR count). The van der Waals surface area contributed by atoms with E-state index < -0.39 is 11.8 Å². The van der Waals surface area contributed by atoms with E-state index in [2.05, 4.69) is 17.4 Å². The molecule has 31 heavy (non-hydrogen) atoms. The Morgan fingerprint density at radius 1 is 1.35 bits per heavy atom. The molecular formula is C22H29N5O4. The maximum Gasteiger partial charge on any atom is 0.506 e. The molecule has 0 amide bonds. The number of nitrogens with zero attached hydrogens (tertiary/aromatic N) is 4. The van der Waals surface area contributed by atoms with E-state index in [9.17, 15) is 4.79 Å². The van der Waals surface area contributed by atoms with Crippen LogP contribution < -0.4 is 5.32 Å². The molecule has 2 N–H and O–H groups in total. The van der Waals surface area contributed by atoms with Crippen molar-refractivity contribution < 1.29 is 19.5 Å². The molecule has 3 aliphatic rings. The molecular weight excluding hydrogens is 398 g/mol. The zero-order chi connectivity index (χ0) is 21.6. The van der Waals surface area contributed by atoms with Crippen molar-refractivity contribution in [1.82, 2.24) is 14.8 Å². The Morgan fingerprint density at radius 3 is 2.84 bits per heavy atom. The summed E-state index contributed by atoms with van der Waals surface area (Å²) in [6.07, 6.45) is 8.10. The first kappa shape index (κ1) is 20.1. The number of aromatic nitrogens is 3. The van der Waals surface area contributed by atoms with Crippen molar-refractivity contribution in [3.63, 3.8) is 0 Å². The molecule has 2 aromatic rings. The van der Waals surface area contributed by atoms with E-state index >= 15 is 0 Å². The van der Waals surface area contributed by atoms with Crippen LogP contribution in [-0.2, 0) is 16.1 Å². The van der Waals surface area contributed by atoms with Gasteiger partial charge in [0.2, 0.25) is 0 Å². The number of carboxylic acid groups (broad SMARTS) is 1. The zero-order valence-corrected chi connectivity index (χ0v) is 18.1. The topological polar surface area (TPSA) is 111 Å². The second-order valence-corrected chi connectivity index (χ2v) is 9.03. The third-order valence-corrected chi connectivity index (χ3v) is 6.81. The fourth-order valence-corrected chi connectivity index (χ4v) is 5.24. The number of hydrogen-bond donors (Lipinski definition) is 2. The predicted octanol–water partition coefficient (Wildman–Crippen LogP) is 4.22. The standard InChI is InChI=1S/C22H29N5O4/c1-3-27-20-18(13(2)25-27)19(24-14-7-5-4-6-8-14)16(12-23-20)17-11-22(31-26-17)9-15(10-22)30-21(28)29/h12,14-15H,3-11H2,1-2H3,(H,23,24)(H,28,29). The molecule has 0 saturated heterocycles. The summed E-state index contributed by atoms with van der Waals surface area (Å²) in [5.74, 6) is 0. The Balaban J connectivity index is 1.46. The quantitative estimate of drug-likeness (QED) is 0.687. The van der Waals surface area contributed by atoms with Crippen LogP contribution in [0.15, 0.2) is 11.4 Å². The van der Waals surface area contributed by atoms with Gasteiger partial charge in [0, 0.05) is 43.6 Å². The lowest BCUT2D eigenvalue weighted by Crippen LogP contribution is -2.49. The lowest BCUT2D eigenvalue weighted by Gasteiger charge is -2.40.